The van der Waals surface area contributed by atoms with Crippen LogP contribution in [0, 0.1) is 5.92 Å². The fourth-order valence-electron chi connectivity index (χ4n) is 2.46. The number of thiazole rings is 1. The lowest BCUT2D eigenvalue weighted by Crippen LogP contribution is -2.45. The molecule has 0 saturated carbocycles. The predicted molar refractivity (Wildman–Crippen MR) is 88.0 cm³/mol. The Kier molecular flexibility index (Phi) is 6.56. The van der Waals surface area contributed by atoms with Gasteiger partial charge in [0.25, 0.3) is 0 Å². The van der Waals surface area contributed by atoms with Crippen LogP contribution in [-0.2, 0) is 11.3 Å². The highest BCUT2D eigenvalue weighted by atomic mass is 32.1. The van der Waals surface area contributed by atoms with Gasteiger partial charge < -0.3 is 15.8 Å². The summed E-state index contributed by atoms with van der Waals surface area (Å²) in [5.74, 6) is 0.519. The van der Waals surface area contributed by atoms with E-state index in [1.165, 1.54) is 11.3 Å². The Morgan fingerprint density at radius 3 is 3.18 bits per heavy atom. The van der Waals surface area contributed by atoms with Gasteiger partial charge in [-0.3, -0.25) is 10.2 Å². The van der Waals surface area contributed by atoms with Gasteiger partial charge in [0.15, 0.2) is 5.13 Å². The van der Waals surface area contributed by atoms with E-state index in [0.29, 0.717) is 30.2 Å². The Labute approximate surface area is 135 Å². The third kappa shape index (κ3) is 5.20. The van der Waals surface area contributed by atoms with Gasteiger partial charge in [-0.05, 0) is 12.3 Å². The largest absolute Gasteiger partial charge is 0.383 e. The van der Waals surface area contributed by atoms with E-state index < -0.39 is 0 Å². The van der Waals surface area contributed by atoms with Crippen molar-refractivity contribution in [2.75, 3.05) is 38.7 Å². The van der Waals surface area contributed by atoms with Gasteiger partial charge in [-0.25, -0.2) is 9.78 Å². The van der Waals surface area contributed by atoms with Crippen LogP contribution in [-0.4, -0.2) is 55.3 Å². The number of likely N-dealkylation sites (tertiary alicyclic amines) is 1. The van der Waals surface area contributed by atoms with Crippen LogP contribution < -0.4 is 16.4 Å². The van der Waals surface area contributed by atoms with Gasteiger partial charge >= 0.3 is 6.03 Å². The zero-order chi connectivity index (χ0) is 15.9. The lowest BCUT2D eigenvalue weighted by atomic mass is 9.95. The Morgan fingerprint density at radius 2 is 2.45 bits per heavy atom. The average molecular weight is 327 g/mol. The Bertz CT molecular complexity index is 482. The highest BCUT2D eigenvalue weighted by Crippen LogP contribution is 2.22. The third-order valence-corrected chi connectivity index (χ3v) is 4.70. The van der Waals surface area contributed by atoms with Crippen molar-refractivity contribution in [3.05, 3.63) is 11.1 Å². The van der Waals surface area contributed by atoms with Crippen molar-refractivity contribution in [2.45, 2.75) is 25.9 Å². The molecule has 7 nitrogen and oxygen atoms in total. The third-order valence-electron chi connectivity index (χ3n) is 3.80. The van der Waals surface area contributed by atoms with Gasteiger partial charge in [0.1, 0.15) is 0 Å². The Balaban J connectivity index is 1.77. The minimum absolute atomic E-state index is 0.254. The molecule has 2 amide bonds. The van der Waals surface area contributed by atoms with Gasteiger partial charge in [0.05, 0.1) is 6.61 Å². The summed E-state index contributed by atoms with van der Waals surface area (Å²) < 4.78 is 4.88. The van der Waals surface area contributed by atoms with E-state index in [4.69, 9.17) is 10.5 Å². The number of amides is 2. The van der Waals surface area contributed by atoms with Crippen molar-refractivity contribution in [1.82, 2.24) is 15.2 Å². The molecule has 124 valence electrons. The van der Waals surface area contributed by atoms with Crippen molar-refractivity contribution in [1.29, 1.82) is 0 Å². The van der Waals surface area contributed by atoms with Gasteiger partial charge in [0.2, 0.25) is 0 Å². The van der Waals surface area contributed by atoms with Crippen molar-refractivity contribution in [2.24, 2.45) is 11.7 Å². The summed E-state index contributed by atoms with van der Waals surface area (Å²) in [4.78, 5) is 19.4. The van der Waals surface area contributed by atoms with Crippen LogP contribution >= 0.6 is 11.3 Å². The van der Waals surface area contributed by atoms with Crippen LogP contribution in [0.25, 0.3) is 0 Å². The minimum Gasteiger partial charge on any atom is -0.383 e. The summed E-state index contributed by atoms with van der Waals surface area (Å²) in [5, 5.41) is 6.06. The SMILES string of the molecule is COCCNC(=O)Nc1ncc(CN2CCC(N)C(C)C2)s1. The van der Waals surface area contributed by atoms with Gasteiger partial charge in [-0.2, -0.15) is 0 Å². The zero-order valence-corrected chi connectivity index (χ0v) is 14.0. The maximum Gasteiger partial charge on any atom is 0.321 e. The number of hydrogen-bond acceptors (Lipinski definition) is 6. The maximum absolute atomic E-state index is 11.6. The van der Waals surface area contributed by atoms with Crippen molar-refractivity contribution in [3.8, 4) is 0 Å². The fourth-order valence-corrected chi connectivity index (χ4v) is 3.31. The van der Waals surface area contributed by atoms with Crippen LogP contribution in [0.5, 0.6) is 0 Å². The maximum atomic E-state index is 11.6. The first-order chi connectivity index (χ1) is 10.6. The van der Waals surface area contributed by atoms with Crippen LogP contribution in [0.15, 0.2) is 6.20 Å². The molecule has 1 saturated heterocycles. The number of piperidine rings is 1. The number of urea groups is 1. The molecular weight excluding hydrogens is 302 g/mol. The summed E-state index contributed by atoms with van der Waals surface area (Å²) >= 11 is 1.51. The molecule has 1 aliphatic rings. The fraction of sp³-hybridized carbons (Fsp3) is 0.714. The quantitative estimate of drug-likeness (QED) is 0.680. The summed E-state index contributed by atoms with van der Waals surface area (Å²) in [6.45, 7) is 6.06. The molecule has 0 radical (unpaired) electrons. The van der Waals surface area contributed by atoms with Crippen molar-refractivity contribution in [3.63, 3.8) is 0 Å². The van der Waals surface area contributed by atoms with E-state index in [0.717, 1.165) is 30.9 Å². The standard InChI is InChI=1S/C14H25N5O2S/c1-10-8-19(5-3-12(10)15)9-11-7-17-14(22-11)18-13(20)16-4-6-21-2/h7,10,12H,3-6,8-9,15H2,1-2H3,(H2,16,17,18,20). The monoisotopic (exact) mass is 327 g/mol. The Hall–Kier alpha value is -1.22. The van der Waals surface area contributed by atoms with Crippen LogP contribution in [0.3, 0.4) is 0 Å². The number of methoxy groups -OCH3 is 1. The molecule has 0 aromatic carbocycles. The van der Waals surface area contributed by atoms with E-state index >= 15 is 0 Å². The highest BCUT2D eigenvalue weighted by molar-refractivity contribution is 7.15. The molecule has 1 fully saturated rings. The van der Waals surface area contributed by atoms with E-state index in [1.54, 1.807) is 7.11 Å². The zero-order valence-electron chi connectivity index (χ0n) is 13.2. The molecule has 1 aromatic heterocycles. The molecule has 4 N–H and O–H groups in total. The minimum atomic E-state index is -0.254. The number of ether oxygens (including phenoxy) is 1. The van der Waals surface area contributed by atoms with Crippen LogP contribution in [0.2, 0.25) is 0 Å². The van der Waals surface area contributed by atoms with E-state index in [-0.39, 0.29) is 6.03 Å². The number of carbonyl (C=O) groups is 1. The second-order valence-corrected chi connectivity index (χ2v) is 6.79. The number of aromatic nitrogens is 1. The summed E-state index contributed by atoms with van der Waals surface area (Å²) in [5.41, 5.74) is 6.04. The second kappa shape index (κ2) is 8.42. The summed E-state index contributed by atoms with van der Waals surface area (Å²) in [6, 6.07) is 0.0567. The normalized spacial score (nSPS) is 22.5. The number of hydrogen-bond donors (Lipinski definition) is 3. The molecule has 2 unspecified atom stereocenters. The molecule has 2 heterocycles. The number of nitrogens with two attached hydrogens (primary N) is 1. The summed E-state index contributed by atoms with van der Waals surface area (Å²) in [6.07, 6.45) is 2.86. The van der Waals surface area contributed by atoms with Gasteiger partial charge in [-0.15, -0.1) is 11.3 Å². The molecule has 0 spiro atoms. The lowest BCUT2D eigenvalue weighted by Gasteiger charge is -2.34. The highest BCUT2D eigenvalue weighted by Gasteiger charge is 2.23. The molecule has 0 aliphatic carbocycles. The first-order valence-electron chi connectivity index (χ1n) is 7.55. The van der Waals surface area contributed by atoms with Crippen LogP contribution in [0.1, 0.15) is 18.2 Å². The van der Waals surface area contributed by atoms with Gasteiger partial charge in [-0.1, -0.05) is 6.92 Å². The summed E-state index contributed by atoms with van der Waals surface area (Å²) in [7, 11) is 1.60. The van der Waals surface area contributed by atoms with E-state index in [2.05, 4.69) is 27.4 Å². The number of anilines is 1. The lowest BCUT2D eigenvalue weighted by molar-refractivity contribution is 0.159. The van der Waals surface area contributed by atoms with Crippen molar-refractivity contribution >= 4 is 22.5 Å². The molecule has 1 aliphatic heterocycles. The van der Waals surface area contributed by atoms with Crippen LogP contribution in [0.4, 0.5) is 9.93 Å². The molecular formula is C14H25N5O2S. The van der Waals surface area contributed by atoms with Crippen molar-refractivity contribution < 1.29 is 9.53 Å². The molecule has 0 bridgehead atoms. The van der Waals surface area contributed by atoms with E-state index in [9.17, 15) is 4.79 Å². The molecule has 8 heteroatoms. The average Bonchev–Trinajstić information content (AvgIpc) is 2.90. The second-order valence-electron chi connectivity index (χ2n) is 5.67. The predicted octanol–water partition coefficient (Wildman–Crippen LogP) is 1.08. The topological polar surface area (TPSA) is 92.5 Å². The molecule has 1 aromatic rings. The molecule has 2 rings (SSSR count). The van der Waals surface area contributed by atoms with E-state index in [1.807, 2.05) is 6.20 Å². The number of nitrogens with one attached hydrogen (secondary N) is 2. The number of nitrogens with zero attached hydrogens (tertiary/aromatic N) is 2. The number of rotatable bonds is 6. The molecule has 22 heavy (non-hydrogen) atoms. The molecule has 2 atom stereocenters. The van der Waals surface area contributed by atoms with Gasteiger partial charge in [0, 0.05) is 50.4 Å². The first-order valence-corrected chi connectivity index (χ1v) is 8.36. The first kappa shape index (κ1) is 17.1. The smallest absolute Gasteiger partial charge is 0.321 e. The Morgan fingerprint density at radius 1 is 1.64 bits per heavy atom. The number of carbonyl (C=O) groups excluding carboxylic acids is 1.